The lowest BCUT2D eigenvalue weighted by atomic mass is 10.3. The Balaban J connectivity index is 2.91. The Morgan fingerprint density at radius 1 is 1.56 bits per heavy atom. The van der Waals surface area contributed by atoms with Gasteiger partial charge in [0.15, 0.2) is 17.6 Å². The zero-order chi connectivity index (χ0) is 12.1. The molecule has 0 saturated heterocycles. The minimum absolute atomic E-state index is 0.405. The number of amides is 1. The molecule has 0 aliphatic carbocycles. The first-order valence-electron chi connectivity index (χ1n) is 4.59. The Labute approximate surface area is 102 Å². The van der Waals surface area contributed by atoms with Gasteiger partial charge in [0.25, 0.3) is 5.91 Å². The van der Waals surface area contributed by atoms with E-state index in [1.54, 1.807) is 19.1 Å². The predicted octanol–water partition coefficient (Wildman–Crippen LogP) is 1.21. The molecule has 1 aromatic rings. The molecule has 3 N–H and O–H groups in total. The first-order chi connectivity index (χ1) is 7.60. The monoisotopic (exact) mass is 288 g/mol. The van der Waals surface area contributed by atoms with E-state index in [1.807, 2.05) is 11.5 Å². The van der Waals surface area contributed by atoms with E-state index >= 15 is 0 Å². The molecule has 0 bridgehead atoms. The average Bonchev–Trinajstić information content (AvgIpc) is 2.30. The SMILES string of the molecule is COc1cccc(Br)c1OC(C)C(=O)NN. The third-order valence-corrected chi connectivity index (χ3v) is 2.58. The number of methoxy groups -OCH3 is 1. The summed E-state index contributed by atoms with van der Waals surface area (Å²) in [5.41, 5.74) is 2.02. The van der Waals surface area contributed by atoms with Crippen molar-refractivity contribution in [2.75, 3.05) is 7.11 Å². The largest absolute Gasteiger partial charge is 0.493 e. The smallest absolute Gasteiger partial charge is 0.274 e. The van der Waals surface area contributed by atoms with Crippen LogP contribution in [0.25, 0.3) is 0 Å². The van der Waals surface area contributed by atoms with E-state index in [2.05, 4.69) is 15.9 Å². The van der Waals surface area contributed by atoms with Crippen molar-refractivity contribution in [3.05, 3.63) is 22.7 Å². The second kappa shape index (κ2) is 5.72. The maximum atomic E-state index is 11.2. The summed E-state index contributed by atoms with van der Waals surface area (Å²) in [4.78, 5) is 11.2. The quantitative estimate of drug-likeness (QED) is 0.496. The van der Waals surface area contributed by atoms with Gasteiger partial charge in [0.2, 0.25) is 0 Å². The molecule has 16 heavy (non-hydrogen) atoms. The Kier molecular flexibility index (Phi) is 4.57. The van der Waals surface area contributed by atoms with Crippen LogP contribution < -0.4 is 20.7 Å². The minimum atomic E-state index is -0.697. The minimum Gasteiger partial charge on any atom is -0.493 e. The number of nitrogens with two attached hydrogens (primary N) is 1. The molecular formula is C10H13BrN2O3. The molecule has 6 heteroatoms. The van der Waals surface area contributed by atoms with E-state index in [0.717, 1.165) is 0 Å². The third-order valence-electron chi connectivity index (χ3n) is 1.96. The lowest BCUT2D eigenvalue weighted by Crippen LogP contribution is -2.40. The number of hydrazine groups is 1. The number of carbonyl (C=O) groups excluding carboxylic acids is 1. The normalized spacial score (nSPS) is 11.8. The maximum absolute atomic E-state index is 11.2. The first kappa shape index (κ1) is 12.8. The summed E-state index contributed by atoms with van der Waals surface area (Å²) in [7, 11) is 1.53. The molecule has 1 rings (SSSR count). The van der Waals surface area contributed by atoms with Crippen LogP contribution in [0.4, 0.5) is 0 Å². The lowest BCUT2D eigenvalue weighted by Gasteiger charge is -2.16. The number of hydrogen-bond acceptors (Lipinski definition) is 4. The van der Waals surface area contributed by atoms with Crippen LogP contribution in [0.1, 0.15) is 6.92 Å². The zero-order valence-electron chi connectivity index (χ0n) is 8.99. The Morgan fingerprint density at radius 3 is 2.81 bits per heavy atom. The van der Waals surface area contributed by atoms with Gasteiger partial charge in [-0.15, -0.1) is 0 Å². The van der Waals surface area contributed by atoms with Crippen LogP contribution in [0.3, 0.4) is 0 Å². The van der Waals surface area contributed by atoms with E-state index in [1.165, 1.54) is 7.11 Å². The van der Waals surface area contributed by atoms with Gasteiger partial charge in [-0.1, -0.05) is 6.07 Å². The molecule has 0 radical (unpaired) electrons. The van der Waals surface area contributed by atoms with E-state index in [0.29, 0.717) is 16.0 Å². The number of carbonyl (C=O) groups is 1. The molecule has 1 unspecified atom stereocenters. The molecular weight excluding hydrogens is 276 g/mol. The number of halogens is 1. The highest BCUT2D eigenvalue weighted by Crippen LogP contribution is 2.35. The fourth-order valence-electron chi connectivity index (χ4n) is 1.11. The molecule has 0 spiro atoms. The first-order valence-corrected chi connectivity index (χ1v) is 5.39. The summed E-state index contributed by atoms with van der Waals surface area (Å²) < 4.78 is 11.3. The highest BCUT2D eigenvalue weighted by molar-refractivity contribution is 9.10. The number of hydrogen-bond donors (Lipinski definition) is 2. The molecule has 0 aliphatic rings. The van der Waals surface area contributed by atoms with Gasteiger partial charge in [-0.25, -0.2) is 5.84 Å². The molecule has 0 fully saturated rings. The summed E-state index contributed by atoms with van der Waals surface area (Å²) in [6, 6.07) is 5.35. The van der Waals surface area contributed by atoms with Crippen molar-refractivity contribution in [2.24, 2.45) is 5.84 Å². The molecule has 88 valence electrons. The fraction of sp³-hybridized carbons (Fsp3) is 0.300. The summed E-state index contributed by atoms with van der Waals surface area (Å²) >= 11 is 3.32. The van der Waals surface area contributed by atoms with Crippen molar-refractivity contribution in [3.63, 3.8) is 0 Å². The number of benzene rings is 1. The van der Waals surface area contributed by atoms with E-state index in [9.17, 15) is 4.79 Å². The van der Waals surface area contributed by atoms with Gasteiger partial charge >= 0.3 is 0 Å². The highest BCUT2D eigenvalue weighted by Gasteiger charge is 2.17. The number of ether oxygens (including phenoxy) is 2. The number of nitrogens with one attached hydrogen (secondary N) is 1. The van der Waals surface area contributed by atoms with Gasteiger partial charge in [0.05, 0.1) is 11.6 Å². The van der Waals surface area contributed by atoms with Gasteiger partial charge in [0.1, 0.15) is 0 Å². The van der Waals surface area contributed by atoms with Crippen LogP contribution in [0, 0.1) is 0 Å². The molecule has 1 amide bonds. The van der Waals surface area contributed by atoms with E-state index in [4.69, 9.17) is 15.3 Å². The van der Waals surface area contributed by atoms with Gasteiger partial charge in [-0.3, -0.25) is 10.2 Å². The summed E-state index contributed by atoms with van der Waals surface area (Å²) in [5, 5.41) is 0. The van der Waals surface area contributed by atoms with Crippen molar-refractivity contribution < 1.29 is 14.3 Å². The second-order valence-corrected chi connectivity index (χ2v) is 3.89. The van der Waals surface area contributed by atoms with Gasteiger partial charge in [0, 0.05) is 0 Å². The topological polar surface area (TPSA) is 73.6 Å². The van der Waals surface area contributed by atoms with Gasteiger partial charge < -0.3 is 9.47 Å². The summed E-state index contributed by atoms with van der Waals surface area (Å²) in [6.45, 7) is 1.60. The number of para-hydroxylation sites is 1. The Bertz CT molecular complexity index is 384. The van der Waals surface area contributed by atoms with Crippen LogP contribution in [0.5, 0.6) is 11.5 Å². The molecule has 0 aliphatic heterocycles. The van der Waals surface area contributed by atoms with Crippen molar-refractivity contribution in [2.45, 2.75) is 13.0 Å². The van der Waals surface area contributed by atoms with Crippen LogP contribution in [-0.2, 0) is 4.79 Å². The van der Waals surface area contributed by atoms with Crippen LogP contribution in [0.15, 0.2) is 22.7 Å². The average molecular weight is 289 g/mol. The van der Waals surface area contributed by atoms with E-state index in [-0.39, 0.29) is 0 Å². The second-order valence-electron chi connectivity index (χ2n) is 3.04. The highest BCUT2D eigenvalue weighted by atomic mass is 79.9. The summed E-state index contributed by atoms with van der Waals surface area (Å²) in [5.74, 6) is 5.63. The molecule has 0 saturated carbocycles. The molecule has 1 atom stereocenters. The van der Waals surface area contributed by atoms with Crippen molar-refractivity contribution in [3.8, 4) is 11.5 Å². The standard InChI is InChI=1S/C10H13BrN2O3/c1-6(10(14)13-12)16-9-7(11)4-3-5-8(9)15-2/h3-6H,12H2,1-2H3,(H,13,14). The molecule has 1 aromatic carbocycles. The van der Waals surface area contributed by atoms with Crippen molar-refractivity contribution >= 4 is 21.8 Å². The van der Waals surface area contributed by atoms with Crippen LogP contribution in [-0.4, -0.2) is 19.1 Å². The van der Waals surface area contributed by atoms with Crippen LogP contribution >= 0.6 is 15.9 Å². The lowest BCUT2D eigenvalue weighted by molar-refractivity contribution is -0.127. The molecule has 5 nitrogen and oxygen atoms in total. The number of rotatable bonds is 4. The van der Waals surface area contributed by atoms with Crippen molar-refractivity contribution in [1.29, 1.82) is 0 Å². The fourth-order valence-corrected chi connectivity index (χ4v) is 1.55. The predicted molar refractivity (Wildman–Crippen MR) is 63.1 cm³/mol. The Hall–Kier alpha value is -1.27. The summed E-state index contributed by atoms with van der Waals surface area (Å²) in [6.07, 6.45) is -0.697. The van der Waals surface area contributed by atoms with Gasteiger partial charge in [-0.2, -0.15) is 0 Å². The maximum Gasteiger partial charge on any atom is 0.274 e. The van der Waals surface area contributed by atoms with Crippen molar-refractivity contribution in [1.82, 2.24) is 5.43 Å². The van der Waals surface area contributed by atoms with E-state index < -0.39 is 12.0 Å². The molecule has 0 aromatic heterocycles. The van der Waals surface area contributed by atoms with Crippen LogP contribution in [0.2, 0.25) is 0 Å². The zero-order valence-corrected chi connectivity index (χ0v) is 10.6. The van der Waals surface area contributed by atoms with Gasteiger partial charge in [-0.05, 0) is 35.0 Å². The Morgan fingerprint density at radius 2 is 2.25 bits per heavy atom. The third kappa shape index (κ3) is 2.86. The molecule has 0 heterocycles.